The second-order valence-corrected chi connectivity index (χ2v) is 4.61. The van der Waals surface area contributed by atoms with Gasteiger partial charge in [-0.15, -0.1) is 4.52 Å². The van der Waals surface area contributed by atoms with E-state index in [4.69, 9.17) is 14.4 Å². The van der Waals surface area contributed by atoms with E-state index in [2.05, 4.69) is 0 Å². The van der Waals surface area contributed by atoms with E-state index in [1.165, 1.54) is 6.92 Å². The summed E-state index contributed by atoms with van der Waals surface area (Å²) in [5, 5.41) is 8.95. The van der Waals surface area contributed by atoms with Crippen molar-refractivity contribution in [1.29, 1.82) is 0 Å². The highest BCUT2D eigenvalue weighted by Gasteiger charge is 2.24. The van der Waals surface area contributed by atoms with Gasteiger partial charge >= 0.3 is 8.03 Å². The lowest BCUT2D eigenvalue weighted by molar-refractivity contribution is 0.228. The molecule has 1 aromatic rings. The van der Waals surface area contributed by atoms with E-state index in [1.54, 1.807) is 19.2 Å². The Balaban J connectivity index is 2.47. The third-order valence-corrected chi connectivity index (χ3v) is 2.82. The maximum atomic E-state index is 11.1. The summed E-state index contributed by atoms with van der Waals surface area (Å²) in [5.74, 6) is -0.170. The van der Waals surface area contributed by atoms with Crippen molar-refractivity contribution in [2.24, 2.45) is 0 Å². The van der Waals surface area contributed by atoms with Crippen molar-refractivity contribution < 1.29 is 18.9 Å². The standard InChI is InChI=1S/C10H14O4P/c1-8(11)15(12)14-7-9-3-5-10(13-2)6-4-9/h3-6,8,11H,7H2,1-2H3/q+1. The Morgan fingerprint density at radius 3 is 2.47 bits per heavy atom. The van der Waals surface area contributed by atoms with Crippen LogP contribution < -0.4 is 4.74 Å². The van der Waals surface area contributed by atoms with Crippen LogP contribution in [0.3, 0.4) is 0 Å². The lowest BCUT2D eigenvalue weighted by Gasteiger charge is -2.00. The van der Waals surface area contributed by atoms with Gasteiger partial charge in [0.15, 0.2) is 0 Å². The molecule has 0 aliphatic rings. The zero-order valence-electron chi connectivity index (χ0n) is 8.71. The number of aliphatic hydroxyl groups excluding tert-OH is 1. The summed E-state index contributed by atoms with van der Waals surface area (Å²) in [6, 6.07) is 7.25. The van der Waals surface area contributed by atoms with Crippen LogP contribution in [-0.2, 0) is 15.7 Å². The zero-order chi connectivity index (χ0) is 11.3. The molecule has 1 rings (SSSR count). The van der Waals surface area contributed by atoms with Crippen molar-refractivity contribution in [3.63, 3.8) is 0 Å². The van der Waals surface area contributed by atoms with Crippen LogP contribution in [0.4, 0.5) is 0 Å². The van der Waals surface area contributed by atoms with Crippen LogP contribution >= 0.6 is 8.03 Å². The molecule has 5 heteroatoms. The highest BCUT2D eigenvalue weighted by atomic mass is 31.1. The number of hydrogen-bond donors (Lipinski definition) is 1. The number of rotatable bonds is 5. The van der Waals surface area contributed by atoms with Gasteiger partial charge in [-0.25, -0.2) is 0 Å². The minimum atomic E-state index is -2.00. The Hall–Kier alpha value is -0.960. The second kappa shape index (κ2) is 5.81. The Bertz CT molecular complexity index is 321. The summed E-state index contributed by atoms with van der Waals surface area (Å²) in [6.45, 7) is 1.66. The molecule has 0 spiro atoms. The number of methoxy groups -OCH3 is 1. The average molecular weight is 229 g/mol. The molecule has 0 aliphatic carbocycles. The zero-order valence-corrected chi connectivity index (χ0v) is 9.61. The number of aliphatic hydroxyl groups is 1. The fraction of sp³-hybridized carbons (Fsp3) is 0.400. The minimum Gasteiger partial charge on any atom is -0.497 e. The van der Waals surface area contributed by atoms with Crippen LogP contribution in [0.25, 0.3) is 0 Å². The quantitative estimate of drug-likeness (QED) is 0.787. The molecule has 1 aromatic carbocycles. The molecule has 0 fully saturated rings. The average Bonchev–Trinajstić information content (AvgIpc) is 2.26. The van der Waals surface area contributed by atoms with Gasteiger partial charge in [0.1, 0.15) is 12.4 Å². The predicted molar refractivity (Wildman–Crippen MR) is 57.1 cm³/mol. The third kappa shape index (κ3) is 3.96. The van der Waals surface area contributed by atoms with Crippen LogP contribution in [-0.4, -0.2) is 18.1 Å². The van der Waals surface area contributed by atoms with E-state index in [0.717, 1.165) is 11.3 Å². The number of benzene rings is 1. The molecular weight excluding hydrogens is 215 g/mol. The lowest BCUT2D eigenvalue weighted by Crippen LogP contribution is -1.95. The molecule has 15 heavy (non-hydrogen) atoms. The maximum absolute atomic E-state index is 11.1. The van der Waals surface area contributed by atoms with Crippen LogP contribution in [0, 0.1) is 0 Å². The molecule has 0 aliphatic heterocycles. The van der Waals surface area contributed by atoms with Crippen LogP contribution in [0.5, 0.6) is 5.75 Å². The lowest BCUT2D eigenvalue weighted by atomic mass is 10.2. The summed E-state index contributed by atoms with van der Waals surface area (Å²) in [5.41, 5.74) is 0.889. The van der Waals surface area contributed by atoms with E-state index < -0.39 is 13.9 Å². The molecule has 2 atom stereocenters. The summed E-state index contributed by atoms with van der Waals surface area (Å²) in [7, 11) is -0.407. The van der Waals surface area contributed by atoms with E-state index >= 15 is 0 Å². The first-order valence-corrected chi connectivity index (χ1v) is 5.78. The highest BCUT2D eigenvalue weighted by molar-refractivity contribution is 7.39. The van der Waals surface area contributed by atoms with E-state index in [-0.39, 0.29) is 6.61 Å². The molecule has 0 radical (unpaired) electrons. The van der Waals surface area contributed by atoms with Crippen molar-refractivity contribution in [2.75, 3.05) is 7.11 Å². The van der Waals surface area contributed by atoms with Gasteiger partial charge in [0.2, 0.25) is 0 Å². The Kier molecular flexibility index (Phi) is 4.69. The SMILES string of the molecule is COc1ccc(CO[P+](=O)C(C)O)cc1. The van der Waals surface area contributed by atoms with Crippen molar-refractivity contribution in [1.82, 2.24) is 0 Å². The monoisotopic (exact) mass is 229 g/mol. The largest absolute Gasteiger partial charge is 0.540 e. The molecule has 0 saturated carbocycles. The smallest absolute Gasteiger partial charge is 0.497 e. The number of hydrogen-bond acceptors (Lipinski definition) is 4. The first kappa shape index (κ1) is 12.1. The maximum Gasteiger partial charge on any atom is 0.540 e. The molecule has 4 nitrogen and oxygen atoms in total. The van der Waals surface area contributed by atoms with Gasteiger partial charge in [0.05, 0.1) is 7.11 Å². The predicted octanol–water partition coefficient (Wildman–Crippen LogP) is 2.29. The normalized spacial score (nSPS) is 13.4. The van der Waals surface area contributed by atoms with Gasteiger partial charge in [-0.2, -0.15) is 0 Å². The van der Waals surface area contributed by atoms with Crippen molar-refractivity contribution in [2.45, 2.75) is 19.4 Å². The molecule has 0 aromatic heterocycles. The molecular formula is C10H14O4P+. The Morgan fingerprint density at radius 1 is 1.40 bits per heavy atom. The van der Waals surface area contributed by atoms with Crippen LogP contribution in [0.15, 0.2) is 24.3 Å². The van der Waals surface area contributed by atoms with Gasteiger partial charge in [-0.3, -0.25) is 0 Å². The topological polar surface area (TPSA) is 55.8 Å². The summed E-state index contributed by atoms with van der Waals surface area (Å²) in [6.07, 6.45) is 0. The number of ether oxygens (including phenoxy) is 1. The van der Waals surface area contributed by atoms with E-state index in [1.807, 2.05) is 12.1 Å². The first-order valence-electron chi connectivity index (χ1n) is 4.53. The molecule has 82 valence electrons. The molecule has 0 heterocycles. The fourth-order valence-electron chi connectivity index (χ4n) is 0.968. The summed E-state index contributed by atoms with van der Waals surface area (Å²) >= 11 is 0. The third-order valence-electron chi connectivity index (χ3n) is 1.82. The molecule has 0 amide bonds. The van der Waals surface area contributed by atoms with Gasteiger partial charge in [0.25, 0.3) is 5.85 Å². The molecule has 2 unspecified atom stereocenters. The second-order valence-electron chi connectivity index (χ2n) is 3.04. The fourth-order valence-corrected chi connectivity index (χ4v) is 1.46. The highest BCUT2D eigenvalue weighted by Crippen LogP contribution is 2.28. The summed E-state index contributed by atoms with van der Waals surface area (Å²) in [4.78, 5) is 0. The van der Waals surface area contributed by atoms with Gasteiger partial charge in [-0.1, -0.05) is 12.1 Å². The van der Waals surface area contributed by atoms with E-state index in [9.17, 15) is 4.57 Å². The van der Waals surface area contributed by atoms with E-state index in [0.29, 0.717) is 0 Å². The molecule has 0 bridgehead atoms. The molecule has 0 saturated heterocycles. The van der Waals surface area contributed by atoms with Crippen molar-refractivity contribution in [3.8, 4) is 5.75 Å². The van der Waals surface area contributed by atoms with Crippen molar-refractivity contribution >= 4 is 8.03 Å². The molecule has 1 N–H and O–H groups in total. The van der Waals surface area contributed by atoms with Gasteiger partial charge in [0, 0.05) is 6.92 Å². The first-order chi connectivity index (χ1) is 7.13. The Morgan fingerprint density at radius 2 is 2.00 bits per heavy atom. The van der Waals surface area contributed by atoms with Crippen LogP contribution in [0.1, 0.15) is 12.5 Å². The summed E-state index contributed by atoms with van der Waals surface area (Å²) < 4.78 is 21.1. The Labute approximate surface area is 89.7 Å². The van der Waals surface area contributed by atoms with Crippen LogP contribution in [0.2, 0.25) is 0 Å². The van der Waals surface area contributed by atoms with Crippen molar-refractivity contribution in [3.05, 3.63) is 29.8 Å². The van der Waals surface area contributed by atoms with Gasteiger partial charge < -0.3 is 9.84 Å². The minimum absolute atomic E-state index is 0.226. The van der Waals surface area contributed by atoms with Gasteiger partial charge in [-0.05, 0) is 22.3 Å².